The Hall–Kier alpha value is -2.18. The van der Waals surface area contributed by atoms with Crippen LogP contribution in [0.25, 0.3) is 0 Å². The second-order valence-electron chi connectivity index (χ2n) is 11.5. The predicted octanol–water partition coefficient (Wildman–Crippen LogP) is 4.79. The van der Waals surface area contributed by atoms with Gasteiger partial charge in [-0.15, -0.1) is 0 Å². The molecule has 1 heterocycles. The maximum atomic E-state index is 14.2. The molecule has 0 spiro atoms. The molecule has 4 atom stereocenters. The Morgan fingerprint density at radius 3 is 2.36 bits per heavy atom. The van der Waals surface area contributed by atoms with Gasteiger partial charge in [0.05, 0.1) is 12.0 Å². The number of carbonyl (C=O) groups excluding carboxylic acids is 3. The average molecular weight is 563 g/mol. The van der Waals surface area contributed by atoms with E-state index in [1.807, 2.05) is 30.3 Å². The van der Waals surface area contributed by atoms with Crippen molar-refractivity contribution < 1.29 is 33.3 Å². The van der Waals surface area contributed by atoms with Gasteiger partial charge >= 0.3 is 5.97 Å². The molecule has 2 aliphatic rings. The molecule has 0 N–H and O–H groups in total. The van der Waals surface area contributed by atoms with E-state index in [0.717, 1.165) is 38.5 Å². The smallest absolute Gasteiger partial charge is 0.307 e. The molecule has 39 heavy (non-hydrogen) atoms. The molecule has 1 aliphatic carbocycles. The van der Waals surface area contributed by atoms with Gasteiger partial charge in [-0.05, 0) is 43.1 Å². The van der Waals surface area contributed by atoms with Crippen molar-refractivity contribution in [1.29, 1.82) is 0 Å². The van der Waals surface area contributed by atoms with Crippen LogP contribution in [0.4, 0.5) is 0 Å². The lowest BCUT2D eigenvalue weighted by Gasteiger charge is -2.30. The summed E-state index contributed by atoms with van der Waals surface area (Å²) in [5, 5.41) is 12.0. The van der Waals surface area contributed by atoms with Gasteiger partial charge in [0, 0.05) is 25.0 Å². The van der Waals surface area contributed by atoms with Gasteiger partial charge in [0.15, 0.2) is 0 Å². The summed E-state index contributed by atoms with van der Waals surface area (Å²) in [5.74, 6) is -1.99. The minimum atomic E-state index is -3.62. The first-order valence-electron chi connectivity index (χ1n) is 14.6. The van der Waals surface area contributed by atoms with Crippen molar-refractivity contribution in [3.05, 3.63) is 35.9 Å². The van der Waals surface area contributed by atoms with Crippen LogP contribution in [0.15, 0.2) is 30.3 Å². The van der Waals surface area contributed by atoms with Crippen molar-refractivity contribution in [3.63, 3.8) is 0 Å². The molecule has 0 radical (unpaired) electrons. The van der Waals surface area contributed by atoms with Gasteiger partial charge in [-0.1, -0.05) is 83.2 Å². The Labute approximate surface area is 233 Å². The highest BCUT2D eigenvalue weighted by Gasteiger charge is 2.42. The monoisotopic (exact) mass is 562 g/mol. The van der Waals surface area contributed by atoms with E-state index in [9.17, 15) is 24.1 Å². The quantitative estimate of drug-likeness (QED) is 0.139. The standard InChI is InChI=1S/C30H46NO7P/c1-4-28(33)37-30(22(2)3)38-39(36,18-12-11-15-23-13-7-5-8-14-23)21-27(32)31-20-25(19-26(31)29(34)35)24-16-9-6-10-17-24/h5,7-8,13-14,22,24-26,30H,4,6,9-12,15-21H2,1-3H3,(H,34,35)/p-1/t25-,26+,30+,39?/m1/s1. The molecular weight excluding hydrogens is 517 g/mol. The first kappa shape index (κ1) is 31.3. The van der Waals surface area contributed by atoms with E-state index < -0.39 is 43.7 Å². The second kappa shape index (κ2) is 15.0. The second-order valence-corrected chi connectivity index (χ2v) is 14.1. The molecule has 218 valence electrons. The molecule has 0 aromatic heterocycles. The van der Waals surface area contributed by atoms with E-state index in [-0.39, 0.29) is 24.4 Å². The molecule has 8 nitrogen and oxygen atoms in total. The third kappa shape index (κ3) is 9.46. The summed E-state index contributed by atoms with van der Waals surface area (Å²) in [4.78, 5) is 39.0. The Kier molecular flexibility index (Phi) is 12.1. The number of esters is 1. The molecule has 9 heteroatoms. The number of amides is 1. The molecule has 1 aromatic rings. The number of aliphatic carboxylic acids is 1. The molecule has 1 unspecified atom stereocenters. The zero-order valence-electron chi connectivity index (χ0n) is 23.7. The molecular formula is C30H45NO7P-. The summed E-state index contributed by atoms with van der Waals surface area (Å²) in [6, 6.07) is 8.96. The third-order valence-electron chi connectivity index (χ3n) is 8.05. The summed E-state index contributed by atoms with van der Waals surface area (Å²) < 4.78 is 25.6. The zero-order chi connectivity index (χ0) is 28.4. The fourth-order valence-electron chi connectivity index (χ4n) is 5.79. The van der Waals surface area contributed by atoms with Crippen LogP contribution >= 0.6 is 7.37 Å². The number of carbonyl (C=O) groups is 3. The van der Waals surface area contributed by atoms with Crippen molar-refractivity contribution in [3.8, 4) is 0 Å². The number of nitrogens with zero attached hydrogens (tertiary/aromatic N) is 1. The maximum Gasteiger partial charge on any atom is 0.307 e. The Balaban J connectivity index is 1.73. The average Bonchev–Trinajstić information content (AvgIpc) is 3.38. The molecule has 1 amide bonds. The number of benzene rings is 1. The summed E-state index contributed by atoms with van der Waals surface area (Å²) in [5.41, 5.74) is 1.17. The van der Waals surface area contributed by atoms with Crippen molar-refractivity contribution in [2.24, 2.45) is 17.8 Å². The highest BCUT2D eigenvalue weighted by molar-refractivity contribution is 7.59. The molecule has 0 bridgehead atoms. The Morgan fingerprint density at radius 2 is 1.74 bits per heavy atom. The highest BCUT2D eigenvalue weighted by atomic mass is 31.2. The predicted molar refractivity (Wildman–Crippen MR) is 148 cm³/mol. The zero-order valence-corrected chi connectivity index (χ0v) is 24.6. The van der Waals surface area contributed by atoms with Crippen molar-refractivity contribution in [2.75, 3.05) is 18.9 Å². The van der Waals surface area contributed by atoms with Crippen LogP contribution in [0.1, 0.15) is 84.1 Å². The topological polar surface area (TPSA) is 113 Å². The van der Waals surface area contributed by atoms with Gasteiger partial charge in [-0.3, -0.25) is 18.7 Å². The van der Waals surface area contributed by atoms with Crippen molar-refractivity contribution in [1.82, 2.24) is 4.90 Å². The first-order chi connectivity index (χ1) is 18.6. The van der Waals surface area contributed by atoms with E-state index in [2.05, 4.69) is 0 Å². The third-order valence-corrected chi connectivity index (χ3v) is 10.4. The van der Waals surface area contributed by atoms with Crippen LogP contribution in [0, 0.1) is 17.8 Å². The lowest BCUT2D eigenvalue weighted by atomic mass is 9.79. The molecule has 1 aromatic carbocycles. The Bertz CT molecular complexity index is 992. The van der Waals surface area contributed by atoms with Crippen LogP contribution in [0.5, 0.6) is 0 Å². The van der Waals surface area contributed by atoms with Crippen LogP contribution in [-0.4, -0.2) is 53.9 Å². The van der Waals surface area contributed by atoms with Gasteiger partial charge in [0.2, 0.25) is 19.6 Å². The van der Waals surface area contributed by atoms with Crippen LogP contribution in [0.2, 0.25) is 0 Å². The molecule has 1 aliphatic heterocycles. The minimum Gasteiger partial charge on any atom is -0.548 e. The van der Waals surface area contributed by atoms with E-state index in [1.54, 1.807) is 20.8 Å². The van der Waals surface area contributed by atoms with E-state index in [1.165, 1.54) is 16.9 Å². The number of likely N-dealkylation sites (tertiary alicyclic amines) is 1. The Morgan fingerprint density at radius 1 is 1.05 bits per heavy atom. The first-order valence-corrected chi connectivity index (χ1v) is 16.6. The van der Waals surface area contributed by atoms with Crippen LogP contribution < -0.4 is 5.11 Å². The fraction of sp³-hybridized carbons (Fsp3) is 0.700. The molecule has 3 rings (SSSR count). The van der Waals surface area contributed by atoms with Gasteiger partial charge in [0.25, 0.3) is 0 Å². The largest absolute Gasteiger partial charge is 0.548 e. The summed E-state index contributed by atoms with van der Waals surface area (Å²) in [7, 11) is -3.62. The highest BCUT2D eigenvalue weighted by Crippen LogP contribution is 2.51. The number of unbranched alkanes of at least 4 members (excludes halogenated alkanes) is 1. The number of aryl methyl sites for hydroxylation is 1. The van der Waals surface area contributed by atoms with Crippen LogP contribution in [-0.2, 0) is 34.6 Å². The van der Waals surface area contributed by atoms with Crippen molar-refractivity contribution >= 4 is 25.2 Å². The van der Waals surface area contributed by atoms with Gasteiger partial charge in [-0.25, -0.2) is 0 Å². The minimum absolute atomic E-state index is 0.109. The van der Waals surface area contributed by atoms with E-state index >= 15 is 0 Å². The summed E-state index contributed by atoms with van der Waals surface area (Å²) in [6.07, 6.45) is 6.88. The molecule has 1 saturated carbocycles. The fourth-order valence-corrected chi connectivity index (χ4v) is 8.09. The van der Waals surface area contributed by atoms with Crippen molar-refractivity contribution in [2.45, 2.75) is 97.3 Å². The SMILES string of the molecule is CCC(=O)O[C@@H](OP(=O)(CCCCc1ccccc1)CC(=O)N1C[C@H](C2CCCCC2)C[C@H]1C(=O)[O-])C(C)C. The van der Waals surface area contributed by atoms with Crippen LogP contribution in [0.3, 0.4) is 0 Å². The van der Waals surface area contributed by atoms with Gasteiger partial charge in [-0.2, -0.15) is 0 Å². The number of carboxylic acids is 1. The summed E-state index contributed by atoms with van der Waals surface area (Å²) in [6.45, 7) is 5.62. The summed E-state index contributed by atoms with van der Waals surface area (Å²) >= 11 is 0. The van der Waals surface area contributed by atoms with Gasteiger partial charge < -0.3 is 19.5 Å². The number of carboxylic acid groups (broad SMARTS) is 1. The lowest BCUT2D eigenvalue weighted by Crippen LogP contribution is -2.48. The van der Waals surface area contributed by atoms with E-state index in [0.29, 0.717) is 25.3 Å². The number of ether oxygens (including phenoxy) is 1. The van der Waals surface area contributed by atoms with E-state index in [4.69, 9.17) is 9.26 Å². The maximum absolute atomic E-state index is 14.2. The number of hydrogen-bond donors (Lipinski definition) is 0. The van der Waals surface area contributed by atoms with Gasteiger partial charge in [0.1, 0.15) is 6.16 Å². The lowest BCUT2D eigenvalue weighted by molar-refractivity contribution is -0.310. The number of hydrogen-bond acceptors (Lipinski definition) is 7. The number of rotatable bonds is 14. The molecule has 2 fully saturated rings. The normalized spacial score (nSPS) is 22.4. The molecule has 1 saturated heterocycles.